The van der Waals surface area contributed by atoms with Crippen LogP contribution in [0.15, 0.2) is 42.5 Å². The van der Waals surface area contributed by atoms with Gasteiger partial charge in [0.25, 0.3) is 0 Å². The van der Waals surface area contributed by atoms with Gasteiger partial charge in [0, 0.05) is 0 Å². The van der Waals surface area contributed by atoms with Crippen LogP contribution in [0.2, 0.25) is 0 Å². The third-order valence-corrected chi connectivity index (χ3v) is 3.86. The first kappa shape index (κ1) is 8.28. The lowest BCUT2D eigenvalue weighted by atomic mass is 9.59. The predicted molar refractivity (Wildman–Crippen MR) is 59.2 cm³/mol. The molecular weight excluding hydrogens is 168 g/mol. The summed E-state index contributed by atoms with van der Waals surface area (Å²) in [6, 6.07) is 11.0. The van der Waals surface area contributed by atoms with E-state index in [0.717, 1.165) is 17.8 Å². The second-order valence-corrected chi connectivity index (χ2v) is 4.60. The van der Waals surface area contributed by atoms with Crippen LogP contribution in [-0.4, -0.2) is 0 Å². The van der Waals surface area contributed by atoms with Gasteiger partial charge in [-0.1, -0.05) is 42.5 Å². The van der Waals surface area contributed by atoms with E-state index in [-0.39, 0.29) is 0 Å². The Morgan fingerprint density at radius 3 is 2.71 bits per heavy atom. The van der Waals surface area contributed by atoms with Gasteiger partial charge in [-0.2, -0.15) is 0 Å². The predicted octanol–water partition coefficient (Wildman–Crippen LogP) is 3.76. The molecule has 1 saturated carbocycles. The van der Waals surface area contributed by atoms with Crippen LogP contribution in [0.4, 0.5) is 0 Å². The number of fused-ring (bicyclic) bond motifs is 1. The molecular formula is C14H16. The van der Waals surface area contributed by atoms with Crippen molar-refractivity contribution in [1.82, 2.24) is 0 Å². The topological polar surface area (TPSA) is 0 Å². The van der Waals surface area contributed by atoms with Gasteiger partial charge in [-0.25, -0.2) is 0 Å². The molecule has 0 aliphatic heterocycles. The molecule has 0 nitrogen and oxygen atoms in total. The average Bonchev–Trinajstić information content (AvgIpc) is 2.22. The Bertz CT molecular complexity index is 336. The monoisotopic (exact) mass is 184 g/mol. The normalized spacial score (nSPS) is 34.7. The lowest BCUT2D eigenvalue weighted by Crippen LogP contribution is -2.34. The van der Waals surface area contributed by atoms with Crippen molar-refractivity contribution in [3.8, 4) is 0 Å². The Labute approximate surface area is 85.6 Å². The summed E-state index contributed by atoms with van der Waals surface area (Å²) in [4.78, 5) is 0. The Hall–Kier alpha value is -1.04. The Balaban J connectivity index is 1.83. The van der Waals surface area contributed by atoms with Crippen molar-refractivity contribution in [3.05, 3.63) is 48.0 Å². The Morgan fingerprint density at radius 2 is 1.93 bits per heavy atom. The van der Waals surface area contributed by atoms with Gasteiger partial charge in [-0.05, 0) is 42.6 Å². The largest absolute Gasteiger partial charge is 0.0882 e. The lowest BCUT2D eigenvalue weighted by Gasteiger charge is -2.45. The number of rotatable bonds is 1. The fraction of sp³-hybridized carbons (Fsp3) is 0.429. The molecule has 2 aliphatic rings. The van der Waals surface area contributed by atoms with E-state index in [2.05, 4.69) is 42.5 Å². The summed E-state index contributed by atoms with van der Waals surface area (Å²) in [6.07, 6.45) is 8.97. The highest BCUT2D eigenvalue weighted by molar-refractivity contribution is 5.26. The zero-order valence-corrected chi connectivity index (χ0v) is 8.39. The molecule has 3 rings (SSSR count). The molecule has 0 bridgehead atoms. The van der Waals surface area contributed by atoms with Gasteiger partial charge in [0.15, 0.2) is 0 Å². The van der Waals surface area contributed by atoms with Gasteiger partial charge in [-0.3, -0.25) is 0 Å². The van der Waals surface area contributed by atoms with Crippen LogP contribution in [0.1, 0.15) is 30.7 Å². The second kappa shape index (κ2) is 3.27. The maximum atomic E-state index is 2.45. The van der Waals surface area contributed by atoms with Crippen molar-refractivity contribution in [2.24, 2.45) is 11.8 Å². The minimum Gasteiger partial charge on any atom is -0.0882 e. The van der Waals surface area contributed by atoms with E-state index in [1.807, 2.05) is 0 Å². The maximum Gasteiger partial charge on any atom is -0.00935 e. The van der Waals surface area contributed by atoms with Crippen molar-refractivity contribution < 1.29 is 0 Å². The van der Waals surface area contributed by atoms with E-state index in [9.17, 15) is 0 Å². The summed E-state index contributed by atoms with van der Waals surface area (Å²) in [7, 11) is 0. The molecule has 0 N–H and O–H groups in total. The third-order valence-electron chi connectivity index (χ3n) is 3.86. The average molecular weight is 184 g/mol. The fourth-order valence-corrected chi connectivity index (χ4v) is 3.00. The lowest BCUT2D eigenvalue weighted by molar-refractivity contribution is 0.159. The Kier molecular flexibility index (Phi) is 1.93. The van der Waals surface area contributed by atoms with Gasteiger partial charge < -0.3 is 0 Å². The van der Waals surface area contributed by atoms with Crippen molar-refractivity contribution in [1.29, 1.82) is 0 Å². The number of hydrogen-bond donors (Lipinski definition) is 0. The van der Waals surface area contributed by atoms with Crippen molar-refractivity contribution >= 4 is 0 Å². The van der Waals surface area contributed by atoms with E-state index in [1.165, 1.54) is 19.3 Å². The van der Waals surface area contributed by atoms with E-state index in [0.29, 0.717) is 0 Å². The summed E-state index contributed by atoms with van der Waals surface area (Å²) >= 11 is 0. The van der Waals surface area contributed by atoms with Gasteiger partial charge in [0.2, 0.25) is 0 Å². The van der Waals surface area contributed by atoms with Crippen molar-refractivity contribution in [2.45, 2.75) is 25.2 Å². The highest BCUT2D eigenvalue weighted by Gasteiger charge is 2.40. The molecule has 0 aromatic heterocycles. The first-order valence-electron chi connectivity index (χ1n) is 5.67. The van der Waals surface area contributed by atoms with E-state index in [1.54, 1.807) is 5.56 Å². The maximum absolute atomic E-state index is 2.45. The van der Waals surface area contributed by atoms with E-state index in [4.69, 9.17) is 0 Å². The summed E-state index contributed by atoms with van der Waals surface area (Å²) in [5, 5.41) is 0. The van der Waals surface area contributed by atoms with Gasteiger partial charge in [0.05, 0.1) is 0 Å². The molecule has 1 aromatic rings. The molecule has 0 saturated heterocycles. The molecule has 0 spiro atoms. The molecule has 0 amide bonds. The number of hydrogen-bond acceptors (Lipinski definition) is 0. The molecule has 14 heavy (non-hydrogen) atoms. The van der Waals surface area contributed by atoms with Crippen LogP contribution >= 0.6 is 0 Å². The second-order valence-electron chi connectivity index (χ2n) is 4.60. The first-order chi connectivity index (χ1) is 6.95. The summed E-state index contributed by atoms with van der Waals surface area (Å²) in [5.41, 5.74) is 1.54. The molecule has 3 atom stereocenters. The highest BCUT2D eigenvalue weighted by Crippen LogP contribution is 2.51. The van der Waals surface area contributed by atoms with Crippen molar-refractivity contribution in [2.75, 3.05) is 0 Å². The minimum absolute atomic E-state index is 0.817. The fourth-order valence-electron chi connectivity index (χ4n) is 3.00. The summed E-state index contributed by atoms with van der Waals surface area (Å²) < 4.78 is 0. The molecule has 0 heterocycles. The molecule has 1 fully saturated rings. The van der Waals surface area contributed by atoms with Gasteiger partial charge in [0.1, 0.15) is 0 Å². The number of benzene rings is 1. The van der Waals surface area contributed by atoms with Crippen LogP contribution in [0.3, 0.4) is 0 Å². The van der Waals surface area contributed by atoms with E-state index < -0.39 is 0 Å². The standard InChI is InChI=1S/C14H16/c1-2-6-11(7-3-1)14-10-12-8-4-5-9-13(12)14/h1-3,5-7,9,12-14H,4,8,10H2/t12-,13-,14+/m0/s1. The smallest absolute Gasteiger partial charge is 0.00935 e. The SMILES string of the molecule is C1=C[C@H]2[C@@H](CC1)C[C@@H]2c1ccccc1. The van der Waals surface area contributed by atoms with Crippen LogP contribution in [0.5, 0.6) is 0 Å². The quantitative estimate of drug-likeness (QED) is 0.583. The molecule has 2 aliphatic carbocycles. The van der Waals surface area contributed by atoms with Crippen LogP contribution in [-0.2, 0) is 0 Å². The van der Waals surface area contributed by atoms with E-state index >= 15 is 0 Å². The molecule has 72 valence electrons. The first-order valence-corrected chi connectivity index (χ1v) is 5.67. The Morgan fingerprint density at radius 1 is 1.07 bits per heavy atom. The van der Waals surface area contributed by atoms with Crippen LogP contribution in [0, 0.1) is 11.8 Å². The molecule has 0 radical (unpaired) electrons. The molecule has 0 unspecified atom stereocenters. The molecule has 0 heteroatoms. The summed E-state index contributed by atoms with van der Waals surface area (Å²) in [6.45, 7) is 0. The molecule has 1 aromatic carbocycles. The van der Waals surface area contributed by atoms with Crippen LogP contribution in [0.25, 0.3) is 0 Å². The highest BCUT2D eigenvalue weighted by atomic mass is 14.4. The third kappa shape index (κ3) is 1.21. The van der Waals surface area contributed by atoms with Crippen LogP contribution < -0.4 is 0 Å². The van der Waals surface area contributed by atoms with Crippen molar-refractivity contribution in [3.63, 3.8) is 0 Å². The zero-order valence-electron chi connectivity index (χ0n) is 8.39. The minimum atomic E-state index is 0.817. The van der Waals surface area contributed by atoms with Gasteiger partial charge in [-0.15, -0.1) is 0 Å². The van der Waals surface area contributed by atoms with Gasteiger partial charge >= 0.3 is 0 Å². The number of allylic oxidation sites excluding steroid dienone is 2. The summed E-state index contributed by atoms with van der Waals surface area (Å²) in [5.74, 6) is 2.66. The zero-order chi connectivity index (χ0) is 9.38.